The number of hydrogen-bond acceptors (Lipinski definition) is 8. The van der Waals surface area contributed by atoms with E-state index in [-0.39, 0.29) is 6.61 Å². The number of carbonyl (C=O) groups is 3. The minimum absolute atomic E-state index is 0.0991. The molecule has 0 bridgehead atoms. The summed E-state index contributed by atoms with van der Waals surface area (Å²) in [6.07, 6.45) is -4.18. The first-order valence-corrected chi connectivity index (χ1v) is 6.53. The maximum Gasteiger partial charge on any atom is 0.303 e. The Morgan fingerprint density at radius 1 is 1.00 bits per heavy atom. The second-order valence-electron chi connectivity index (χ2n) is 4.87. The molecule has 1 unspecified atom stereocenters. The summed E-state index contributed by atoms with van der Waals surface area (Å²) in [6.45, 7) is 5.21. The van der Waals surface area contributed by atoms with Gasteiger partial charge < -0.3 is 24.1 Å². The normalized spacial score (nSPS) is 32.1. The lowest BCUT2D eigenvalue weighted by Gasteiger charge is -2.42. The first kappa shape index (κ1) is 17.4. The van der Waals surface area contributed by atoms with Crippen LogP contribution < -0.4 is 0 Å². The van der Waals surface area contributed by atoms with Crippen molar-refractivity contribution < 1.29 is 38.4 Å². The quantitative estimate of drug-likeness (QED) is 0.560. The predicted molar refractivity (Wildman–Crippen MR) is 67.8 cm³/mol. The molecule has 1 aliphatic rings. The second kappa shape index (κ2) is 7.37. The lowest BCUT2D eigenvalue weighted by molar-refractivity contribution is -0.280. The van der Waals surface area contributed by atoms with Crippen LogP contribution in [0.2, 0.25) is 0 Å². The largest absolute Gasteiger partial charge is 0.463 e. The zero-order valence-electron chi connectivity index (χ0n) is 12.4. The monoisotopic (exact) mass is 304 g/mol. The van der Waals surface area contributed by atoms with E-state index in [1.807, 2.05) is 0 Å². The lowest BCUT2D eigenvalue weighted by Crippen LogP contribution is -2.57. The maximum atomic E-state index is 11.2. The highest BCUT2D eigenvalue weighted by molar-refractivity contribution is 5.67. The van der Waals surface area contributed by atoms with E-state index in [2.05, 4.69) is 0 Å². The smallest absolute Gasteiger partial charge is 0.303 e. The molecular formula is C13H20O8. The highest BCUT2D eigenvalue weighted by Crippen LogP contribution is 2.29. The Labute approximate surface area is 122 Å². The van der Waals surface area contributed by atoms with E-state index in [9.17, 15) is 19.5 Å². The van der Waals surface area contributed by atoms with E-state index >= 15 is 0 Å². The molecule has 1 fully saturated rings. The van der Waals surface area contributed by atoms with E-state index < -0.39 is 48.4 Å². The van der Waals surface area contributed by atoms with Gasteiger partial charge in [-0.15, -0.1) is 0 Å². The van der Waals surface area contributed by atoms with E-state index in [1.54, 1.807) is 6.92 Å². The van der Waals surface area contributed by atoms with Crippen molar-refractivity contribution in [2.45, 2.75) is 52.3 Å². The predicted octanol–water partition coefficient (Wildman–Crippen LogP) is -0.234. The molecule has 0 aromatic rings. The van der Waals surface area contributed by atoms with Gasteiger partial charge in [0.1, 0.15) is 18.8 Å². The minimum Gasteiger partial charge on any atom is -0.463 e. The number of carbonyl (C=O) groups excluding carboxylic acids is 3. The summed E-state index contributed by atoms with van der Waals surface area (Å²) in [5.41, 5.74) is 0. The molecule has 1 heterocycles. The van der Waals surface area contributed by atoms with Crippen LogP contribution in [0, 0.1) is 5.92 Å². The Morgan fingerprint density at radius 2 is 1.52 bits per heavy atom. The molecule has 120 valence electrons. The zero-order chi connectivity index (χ0) is 16.2. The number of rotatable bonds is 4. The molecule has 0 spiro atoms. The zero-order valence-corrected chi connectivity index (χ0v) is 12.4. The van der Waals surface area contributed by atoms with Gasteiger partial charge in [-0.25, -0.2) is 0 Å². The first-order chi connectivity index (χ1) is 9.72. The Kier molecular flexibility index (Phi) is 6.10. The number of esters is 3. The van der Waals surface area contributed by atoms with Gasteiger partial charge >= 0.3 is 17.9 Å². The van der Waals surface area contributed by atoms with Crippen molar-refractivity contribution in [1.29, 1.82) is 0 Å². The third-order valence-corrected chi connectivity index (χ3v) is 3.08. The molecule has 8 nitrogen and oxygen atoms in total. The molecule has 0 saturated carbocycles. The number of hydrogen-bond donors (Lipinski definition) is 1. The fourth-order valence-electron chi connectivity index (χ4n) is 2.13. The van der Waals surface area contributed by atoms with Crippen molar-refractivity contribution in [1.82, 2.24) is 0 Å². The third kappa shape index (κ3) is 4.98. The molecule has 0 radical (unpaired) electrons. The van der Waals surface area contributed by atoms with Crippen LogP contribution in [0.25, 0.3) is 0 Å². The lowest BCUT2D eigenvalue weighted by atomic mass is 9.90. The summed E-state index contributed by atoms with van der Waals surface area (Å²) in [5, 5.41) is 9.92. The van der Waals surface area contributed by atoms with E-state index in [1.165, 1.54) is 20.8 Å². The molecule has 0 aliphatic carbocycles. The minimum atomic E-state index is -1.48. The molecule has 0 aromatic carbocycles. The van der Waals surface area contributed by atoms with Gasteiger partial charge in [0.05, 0.1) is 0 Å². The van der Waals surface area contributed by atoms with Gasteiger partial charge in [0.2, 0.25) is 0 Å². The van der Waals surface area contributed by atoms with Crippen LogP contribution in [-0.2, 0) is 33.3 Å². The van der Waals surface area contributed by atoms with Crippen LogP contribution in [0.15, 0.2) is 0 Å². The topological polar surface area (TPSA) is 108 Å². The summed E-state index contributed by atoms with van der Waals surface area (Å²) >= 11 is 0. The maximum absolute atomic E-state index is 11.2. The standard InChI is InChI=1S/C13H20O8/c1-6-10(5-18-7(2)14)21-13(17)12(20-9(4)16)11(6)19-8(3)15/h6,10-13,17H,5H2,1-4H3/t6-,10-,11+,12+,13?/m1/s1. The average molecular weight is 304 g/mol. The molecule has 1 N–H and O–H groups in total. The Balaban J connectivity index is 2.87. The fourth-order valence-corrected chi connectivity index (χ4v) is 2.13. The van der Waals surface area contributed by atoms with Crippen molar-refractivity contribution >= 4 is 17.9 Å². The molecule has 0 amide bonds. The van der Waals surface area contributed by atoms with Crippen LogP contribution in [0.1, 0.15) is 27.7 Å². The molecular weight excluding hydrogens is 284 g/mol. The first-order valence-electron chi connectivity index (χ1n) is 6.53. The average Bonchev–Trinajstić information content (AvgIpc) is 2.35. The van der Waals surface area contributed by atoms with Gasteiger partial charge in [0, 0.05) is 26.7 Å². The van der Waals surface area contributed by atoms with Crippen LogP contribution in [0.4, 0.5) is 0 Å². The van der Waals surface area contributed by atoms with E-state index in [0.717, 1.165) is 0 Å². The summed E-state index contributed by atoms with van der Waals surface area (Å²) in [7, 11) is 0. The van der Waals surface area contributed by atoms with Gasteiger partial charge in [-0.3, -0.25) is 14.4 Å². The van der Waals surface area contributed by atoms with Crippen molar-refractivity contribution in [3.05, 3.63) is 0 Å². The van der Waals surface area contributed by atoms with Crippen molar-refractivity contribution in [2.24, 2.45) is 5.92 Å². The fraction of sp³-hybridized carbons (Fsp3) is 0.769. The molecule has 21 heavy (non-hydrogen) atoms. The van der Waals surface area contributed by atoms with Crippen molar-refractivity contribution in [3.8, 4) is 0 Å². The van der Waals surface area contributed by atoms with E-state index in [0.29, 0.717) is 0 Å². The van der Waals surface area contributed by atoms with Crippen LogP contribution in [0.3, 0.4) is 0 Å². The molecule has 5 atom stereocenters. The van der Waals surface area contributed by atoms with Gasteiger partial charge in [-0.05, 0) is 0 Å². The van der Waals surface area contributed by atoms with Crippen LogP contribution in [-0.4, -0.2) is 54.2 Å². The summed E-state index contributed by atoms with van der Waals surface area (Å²) in [6, 6.07) is 0. The second-order valence-corrected chi connectivity index (χ2v) is 4.87. The Hall–Kier alpha value is -1.67. The Bertz CT molecular complexity index is 407. The summed E-state index contributed by atoms with van der Waals surface area (Å²) in [4.78, 5) is 33.1. The van der Waals surface area contributed by atoms with Crippen LogP contribution in [0.5, 0.6) is 0 Å². The van der Waals surface area contributed by atoms with Crippen LogP contribution >= 0.6 is 0 Å². The number of aliphatic hydroxyl groups is 1. The molecule has 8 heteroatoms. The van der Waals surface area contributed by atoms with Gasteiger partial charge in [0.25, 0.3) is 0 Å². The third-order valence-electron chi connectivity index (χ3n) is 3.08. The molecule has 0 aromatic heterocycles. The number of ether oxygens (including phenoxy) is 4. The SMILES string of the molecule is CC(=O)OC[C@H]1OC(O)[C@@H](OC(C)=O)[C@@H](OC(C)=O)[C@@H]1C. The van der Waals surface area contributed by atoms with Gasteiger partial charge in [-0.1, -0.05) is 6.92 Å². The molecule has 1 aliphatic heterocycles. The Morgan fingerprint density at radius 3 is 2.00 bits per heavy atom. The van der Waals surface area contributed by atoms with Gasteiger partial charge in [-0.2, -0.15) is 0 Å². The van der Waals surface area contributed by atoms with Crippen molar-refractivity contribution in [3.63, 3.8) is 0 Å². The highest BCUT2D eigenvalue weighted by Gasteiger charge is 2.47. The number of aliphatic hydroxyl groups excluding tert-OH is 1. The van der Waals surface area contributed by atoms with Crippen molar-refractivity contribution in [2.75, 3.05) is 6.61 Å². The van der Waals surface area contributed by atoms with E-state index in [4.69, 9.17) is 18.9 Å². The summed E-state index contributed by atoms with van der Waals surface area (Å²) < 4.78 is 20.2. The summed E-state index contributed by atoms with van der Waals surface area (Å²) in [5.74, 6) is -2.15. The molecule has 1 saturated heterocycles. The highest BCUT2D eigenvalue weighted by atomic mass is 16.7. The molecule has 1 rings (SSSR count). The van der Waals surface area contributed by atoms with Gasteiger partial charge in [0.15, 0.2) is 12.4 Å².